The number of likely N-dealkylation sites (tertiary alicyclic amines) is 1. The summed E-state index contributed by atoms with van der Waals surface area (Å²) in [4.78, 5) is 17.6. The third-order valence-corrected chi connectivity index (χ3v) is 3.83. The van der Waals surface area contributed by atoms with E-state index in [1.807, 2.05) is 4.90 Å². The zero-order valence-electron chi connectivity index (χ0n) is 10.5. The molecular formula is C13H19N3O2. The molecule has 0 radical (unpaired) electrons. The monoisotopic (exact) mass is 249 g/mol. The lowest BCUT2D eigenvalue weighted by molar-refractivity contribution is -0.152. The summed E-state index contributed by atoms with van der Waals surface area (Å²) in [6, 6.07) is 3.72. The molecule has 1 atom stereocenters. The van der Waals surface area contributed by atoms with Crippen molar-refractivity contribution in [1.29, 1.82) is 0 Å². The van der Waals surface area contributed by atoms with Crippen LogP contribution in [0.4, 0.5) is 0 Å². The van der Waals surface area contributed by atoms with E-state index in [1.54, 1.807) is 31.5 Å². The van der Waals surface area contributed by atoms with E-state index in [-0.39, 0.29) is 6.04 Å². The maximum atomic E-state index is 11.7. The van der Waals surface area contributed by atoms with Crippen molar-refractivity contribution >= 4 is 5.97 Å². The Morgan fingerprint density at radius 3 is 2.50 bits per heavy atom. The van der Waals surface area contributed by atoms with E-state index in [9.17, 15) is 9.90 Å². The molecule has 5 nitrogen and oxygen atoms in total. The number of nitrogens with zero attached hydrogens (tertiary/aromatic N) is 2. The molecule has 1 aromatic heterocycles. The molecule has 2 rings (SSSR count). The summed E-state index contributed by atoms with van der Waals surface area (Å²) < 4.78 is 0. The van der Waals surface area contributed by atoms with Gasteiger partial charge in [0.2, 0.25) is 0 Å². The molecular weight excluding hydrogens is 230 g/mol. The molecule has 1 aliphatic heterocycles. The molecule has 3 N–H and O–H groups in total. The molecule has 2 heterocycles. The van der Waals surface area contributed by atoms with Crippen LogP contribution in [0, 0.1) is 0 Å². The molecule has 0 spiro atoms. The third-order valence-electron chi connectivity index (χ3n) is 3.83. The van der Waals surface area contributed by atoms with Gasteiger partial charge in [-0.15, -0.1) is 0 Å². The van der Waals surface area contributed by atoms with E-state index in [4.69, 9.17) is 5.73 Å². The first-order valence-electron chi connectivity index (χ1n) is 6.19. The van der Waals surface area contributed by atoms with Crippen LogP contribution in [-0.2, 0) is 10.3 Å². The van der Waals surface area contributed by atoms with Crippen molar-refractivity contribution in [2.45, 2.75) is 31.3 Å². The van der Waals surface area contributed by atoms with E-state index in [2.05, 4.69) is 4.98 Å². The maximum absolute atomic E-state index is 11.7. The minimum absolute atomic E-state index is 0.191. The number of rotatable bonds is 3. The van der Waals surface area contributed by atoms with Gasteiger partial charge >= 0.3 is 5.97 Å². The number of carboxylic acid groups (broad SMARTS) is 1. The summed E-state index contributed by atoms with van der Waals surface area (Å²) in [5.41, 5.74) is 5.64. The highest BCUT2D eigenvalue weighted by Crippen LogP contribution is 2.30. The van der Waals surface area contributed by atoms with Gasteiger partial charge in [-0.05, 0) is 37.5 Å². The predicted molar refractivity (Wildman–Crippen MR) is 68.0 cm³/mol. The number of carbonyl (C=O) groups is 1. The van der Waals surface area contributed by atoms with E-state index in [1.165, 1.54) is 0 Å². The van der Waals surface area contributed by atoms with Gasteiger partial charge in [0.1, 0.15) is 5.54 Å². The minimum Gasteiger partial charge on any atom is -0.480 e. The first kappa shape index (κ1) is 13.0. The summed E-state index contributed by atoms with van der Waals surface area (Å²) in [5, 5.41) is 9.61. The minimum atomic E-state index is -0.997. The van der Waals surface area contributed by atoms with Crippen molar-refractivity contribution in [2.75, 3.05) is 13.1 Å². The maximum Gasteiger partial charge on any atom is 0.328 e. The Bertz CT molecular complexity index is 416. The average molecular weight is 249 g/mol. The van der Waals surface area contributed by atoms with Gasteiger partial charge in [0.15, 0.2) is 0 Å². The number of piperidine rings is 1. The smallest absolute Gasteiger partial charge is 0.328 e. The van der Waals surface area contributed by atoms with Crippen LogP contribution in [0.5, 0.6) is 0 Å². The molecule has 98 valence electrons. The van der Waals surface area contributed by atoms with Crippen LogP contribution in [-0.4, -0.2) is 40.1 Å². The molecule has 18 heavy (non-hydrogen) atoms. The Hall–Kier alpha value is -1.46. The number of aliphatic carboxylic acids is 1. The van der Waals surface area contributed by atoms with Gasteiger partial charge in [-0.2, -0.15) is 0 Å². The SMILES string of the molecule is CC(C(=O)O)(c1ccncc1)N1CCC(N)CC1. The highest BCUT2D eigenvalue weighted by atomic mass is 16.4. The third kappa shape index (κ3) is 2.23. The van der Waals surface area contributed by atoms with Crippen molar-refractivity contribution < 1.29 is 9.90 Å². The fourth-order valence-corrected chi connectivity index (χ4v) is 2.46. The predicted octanol–water partition coefficient (Wildman–Crippen LogP) is 0.805. The van der Waals surface area contributed by atoms with Crippen molar-refractivity contribution in [2.24, 2.45) is 5.73 Å². The zero-order valence-corrected chi connectivity index (χ0v) is 10.5. The van der Waals surface area contributed by atoms with Gasteiger partial charge in [-0.3, -0.25) is 9.88 Å². The molecule has 0 aliphatic carbocycles. The molecule has 1 unspecified atom stereocenters. The van der Waals surface area contributed by atoms with E-state index >= 15 is 0 Å². The summed E-state index contributed by atoms with van der Waals surface area (Å²) in [6.07, 6.45) is 4.94. The molecule has 1 saturated heterocycles. The second-order valence-electron chi connectivity index (χ2n) is 4.94. The van der Waals surface area contributed by atoms with E-state index in [0.29, 0.717) is 13.1 Å². The van der Waals surface area contributed by atoms with Crippen LogP contribution in [0.1, 0.15) is 25.3 Å². The summed E-state index contributed by atoms with van der Waals surface area (Å²) >= 11 is 0. The molecule has 0 aromatic carbocycles. The fraction of sp³-hybridized carbons (Fsp3) is 0.538. The molecule has 0 saturated carbocycles. The molecule has 1 fully saturated rings. The Labute approximate surface area is 107 Å². The van der Waals surface area contributed by atoms with Gasteiger partial charge in [-0.1, -0.05) is 0 Å². The quantitative estimate of drug-likeness (QED) is 0.828. The van der Waals surface area contributed by atoms with Gasteiger partial charge < -0.3 is 10.8 Å². The normalized spacial score (nSPS) is 21.4. The van der Waals surface area contributed by atoms with Gasteiger partial charge in [-0.25, -0.2) is 4.79 Å². The van der Waals surface area contributed by atoms with Crippen molar-refractivity contribution in [3.63, 3.8) is 0 Å². The van der Waals surface area contributed by atoms with Crippen LogP contribution in [0.3, 0.4) is 0 Å². The van der Waals surface area contributed by atoms with Gasteiger partial charge in [0, 0.05) is 31.5 Å². The highest BCUT2D eigenvalue weighted by molar-refractivity contribution is 5.80. The van der Waals surface area contributed by atoms with E-state index < -0.39 is 11.5 Å². The first-order chi connectivity index (χ1) is 8.55. The Morgan fingerprint density at radius 1 is 1.44 bits per heavy atom. The van der Waals surface area contributed by atoms with Crippen LogP contribution in [0.15, 0.2) is 24.5 Å². The number of aromatic nitrogens is 1. The molecule has 1 aliphatic rings. The number of pyridine rings is 1. The highest BCUT2D eigenvalue weighted by Gasteiger charge is 2.42. The lowest BCUT2D eigenvalue weighted by Gasteiger charge is -2.41. The molecule has 0 amide bonds. The summed E-state index contributed by atoms with van der Waals surface area (Å²) in [6.45, 7) is 3.18. The van der Waals surface area contributed by atoms with Crippen LogP contribution in [0.25, 0.3) is 0 Å². The summed E-state index contributed by atoms with van der Waals surface area (Å²) in [7, 11) is 0. The number of hydrogen-bond donors (Lipinski definition) is 2. The van der Waals surface area contributed by atoms with Crippen molar-refractivity contribution in [3.05, 3.63) is 30.1 Å². The van der Waals surface area contributed by atoms with Gasteiger partial charge in [0.25, 0.3) is 0 Å². The second kappa shape index (κ2) is 5.04. The van der Waals surface area contributed by atoms with Crippen LogP contribution >= 0.6 is 0 Å². The summed E-state index contributed by atoms with van der Waals surface area (Å²) in [5.74, 6) is -0.829. The largest absolute Gasteiger partial charge is 0.480 e. The van der Waals surface area contributed by atoms with Gasteiger partial charge in [0.05, 0.1) is 0 Å². The number of nitrogens with two attached hydrogens (primary N) is 1. The van der Waals surface area contributed by atoms with Crippen molar-refractivity contribution in [1.82, 2.24) is 9.88 Å². The van der Waals surface area contributed by atoms with Crippen LogP contribution in [0.2, 0.25) is 0 Å². The average Bonchev–Trinajstić information content (AvgIpc) is 2.39. The second-order valence-corrected chi connectivity index (χ2v) is 4.94. The Morgan fingerprint density at radius 2 is 2.00 bits per heavy atom. The van der Waals surface area contributed by atoms with E-state index in [0.717, 1.165) is 18.4 Å². The lowest BCUT2D eigenvalue weighted by atomic mass is 9.88. The molecule has 5 heteroatoms. The number of hydrogen-bond acceptors (Lipinski definition) is 4. The number of carboxylic acids is 1. The standard InChI is InChI=1S/C13H19N3O2/c1-13(12(17)18,10-2-6-15-7-3-10)16-8-4-11(14)5-9-16/h2-3,6-7,11H,4-5,8-9,14H2,1H3,(H,17,18). The Balaban J connectivity index is 2.30. The topological polar surface area (TPSA) is 79.5 Å². The fourth-order valence-electron chi connectivity index (χ4n) is 2.46. The lowest BCUT2D eigenvalue weighted by Crippen LogP contribution is -2.54. The zero-order chi connectivity index (χ0) is 13.2. The molecule has 1 aromatic rings. The Kier molecular flexibility index (Phi) is 3.63. The van der Waals surface area contributed by atoms with Crippen molar-refractivity contribution in [3.8, 4) is 0 Å². The van der Waals surface area contributed by atoms with Crippen LogP contribution < -0.4 is 5.73 Å². The first-order valence-corrected chi connectivity index (χ1v) is 6.19. The molecule has 0 bridgehead atoms.